The molecule has 24 heavy (non-hydrogen) atoms. The van der Waals surface area contributed by atoms with Gasteiger partial charge < -0.3 is 9.26 Å². The van der Waals surface area contributed by atoms with E-state index in [1.54, 1.807) is 19.9 Å². The number of carbonyl (C=O) groups excluding carboxylic acids is 1. The molecular weight excluding hydrogens is 312 g/mol. The van der Waals surface area contributed by atoms with Gasteiger partial charge in [0.1, 0.15) is 0 Å². The van der Waals surface area contributed by atoms with Gasteiger partial charge >= 0.3 is 5.97 Å². The van der Waals surface area contributed by atoms with E-state index in [2.05, 4.69) is 25.7 Å². The number of aromatic nitrogens is 6. The zero-order valence-corrected chi connectivity index (χ0v) is 13.1. The Balaban J connectivity index is 1.85. The van der Waals surface area contributed by atoms with Crippen molar-refractivity contribution in [2.45, 2.75) is 20.5 Å². The summed E-state index contributed by atoms with van der Waals surface area (Å²) in [7, 11) is 0. The lowest BCUT2D eigenvalue weighted by Gasteiger charge is -2.07. The first-order valence-electron chi connectivity index (χ1n) is 7.12. The van der Waals surface area contributed by atoms with E-state index in [0.29, 0.717) is 11.6 Å². The van der Waals surface area contributed by atoms with Gasteiger partial charge in [0.25, 0.3) is 5.89 Å². The van der Waals surface area contributed by atoms with Crippen LogP contribution in [0, 0.1) is 13.8 Å². The van der Waals surface area contributed by atoms with Gasteiger partial charge in [0, 0.05) is 0 Å². The predicted octanol–water partition coefficient (Wildman–Crippen LogP) is 1.41. The highest BCUT2D eigenvalue weighted by molar-refractivity contribution is 6.15. The van der Waals surface area contributed by atoms with Crippen LogP contribution < -0.4 is 0 Å². The Labute approximate surface area is 136 Å². The number of rotatable bonds is 5. The highest BCUT2D eigenvalue weighted by atomic mass is 16.6. The molecule has 0 unspecified atom stereocenters. The Hall–Kier alpha value is -3.36. The summed E-state index contributed by atoms with van der Waals surface area (Å²) in [5.74, 6) is 0.540. The van der Waals surface area contributed by atoms with Crippen LogP contribution >= 0.6 is 0 Å². The smallest absolute Gasteiger partial charge is 0.357 e. The summed E-state index contributed by atoms with van der Waals surface area (Å²) in [6, 6.07) is 9.32. The van der Waals surface area contributed by atoms with E-state index in [1.807, 2.05) is 30.3 Å². The van der Waals surface area contributed by atoms with E-state index in [1.165, 1.54) is 4.68 Å². The highest BCUT2D eigenvalue weighted by Crippen LogP contribution is 2.14. The molecule has 0 atom stereocenters. The minimum Gasteiger partial charge on any atom is -0.451 e. The molecule has 0 N–H and O–H groups in total. The lowest BCUT2D eigenvalue weighted by Crippen LogP contribution is -2.15. The van der Waals surface area contributed by atoms with E-state index < -0.39 is 5.97 Å². The molecule has 0 saturated heterocycles. The Morgan fingerprint density at radius 2 is 2.08 bits per heavy atom. The number of nitrogens with zero attached hydrogens (tertiary/aromatic N) is 6. The fourth-order valence-electron chi connectivity index (χ4n) is 1.97. The summed E-state index contributed by atoms with van der Waals surface area (Å²) in [6.07, 6.45) is 1.64. The molecule has 0 amide bonds. The summed E-state index contributed by atoms with van der Waals surface area (Å²) in [6.45, 7) is 3.24. The van der Waals surface area contributed by atoms with Gasteiger partial charge in [-0.05, 0) is 35.9 Å². The van der Waals surface area contributed by atoms with E-state index in [4.69, 9.17) is 9.26 Å². The quantitative estimate of drug-likeness (QED) is 0.511. The van der Waals surface area contributed by atoms with Crippen molar-refractivity contribution in [3.63, 3.8) is 0 Å². The van der Waals surface area contributed by atoms with Gasteiger partial charge in [-0.2, -0.15) is 9.67 Å². The lowest BCUT2D eigenvalue weighted by atomic mass is 10.2. The van der Waals surface area contributed by atoms with Gasteiger partial charge in [0.2, 0.25) is 0 Å². The van der Waals surface area contributed by atoms with Crippen LogP contribution in [-0.2, 0) is 16.1 Å². The molecule has 0 aliphatic rings. The first-order chi connectivity index (χ1) is 11.6. The van der Waals surface area contributed by atoms with Gasteiger partial charge in [-0.3, -0.25) is 0 Å². The standard InChI is InChI=1S/C15H14N6O3/c1-10-16-14(24-18-10)9-23-15(22)13(21-11(2)17-19-20-21)8-12-6-4-3-5-7-12/h3-8H,9H2,1-2H3/b13-8-. The van der Waals surface area contributed by atoms with Crippen LogP contribution in [0.5, 0.6) is 0 Å². The Morgan fingerprint density at radius 3 is 2.71 bits per heavy atom. The number of hydrogen-bond donors (Lipinski definition) is 0. The third-order valence-corrected chi connectivity index (χ3v) is 3.06. The summed E-state index contributed by atoms with van der Waals surface area (Å²) in [4.78, 5) is 16.5. The third-order valence-electron chi connectivity index (χ3n) is 3.06. The summed E-state index contributed by atoms with van der Waals surface area (Å²) in [5, 5.41) is 14.8. The van der Waals surface area contributed by atoms with Gasteiger partial charge in [0.05, 0.1) is 0 Å². The van der Waals surface area contributed by atoms with Crippen LogP contribution in [0.15, 0.2) is 34.9 Å². The molecule has 3 rings (SSSR count). The van der Waals surface area contributed by atoms with E-state index in [9.17, 15) is 4.79 Å². The van der Waals surface area contributed by atoms with Crippen LogP contribution in [-0.4, -0.2) is 36.3 Å². The second-order valence-electron chi connectivity index (χ2n) is 4.89. The fraction of sp³-hybridized carbons (Fsp3) is 0.200. The van der Waals surface area contributed by atoms with Crippen molar-refractivity contribution in [2.75, 3.05) is 0 Å². The van der Waals surface area contributed by atoms with Crippen molar-refractivity contribution in [3.05, 3.63) is 53.4 Å². The zero-order chi connectivity index (χ0) is 16.9. The molecule has 2 heterocycles. The molecular formula is C15H14N6O3. The van der Waals surface area contributed by atoms with Crippen molar-refractivity contribution in [3.8, 4) is 0 Å². The molecule has 0 aliphatic carbocycles. The number of hydrogen-bond acceptors (Lipinski definition) is 8. The molecule has 0 radical (unpaired) electrons. The maximum atomic E-state index is 12.5. The topological polar surface area (TPSA) is 109 Å². The maximum absolute atomic E-state index is 12.5. The van der Waals surface area contributed by atoms with Crippen LogP contribution in [0.4, 0.5) is 0 Å². The van der Waals surface area contributed by atoms with E-state index in [0.717, 1.165) is 5.56 Å². The van der Waals surface area contributed by atoms with Crippen molar-refractivity contribution < 1.29 is 14.1 Å². The number of carbonyl (C=O) groups is 1. The summed E-state index contributed by atoms with van der Waals surface area (Å²) >= 11 is 0. The largest absolute Gasteiger partial charge is 0.451 e. The molecule has 0 saturated carbocycles. The van der Waals surface area contributed by atoms with Gasteiger partial charge in [-0.25, -0.2) is 4.79 Å². The van der Waals surface area contributed by atoms with Gasteiger partial charge in [-0.1, -0.05) is 35.5 Å². The van der Waals surface area contributed by atoms with Crippen molar-refractivity contribution in [1.82, 2.24) is 30.3 Å². The first kappa shape index (κ1) is 15.5. The molecule has 0 bridgehead atoms. The molecule has 2 aromatic heterocycles. The highest BCUT2D eigenvalue weighted by Gasteiger charge is 2.19. The minimum atomic E-state index is -0.606. The number of benzene rings is 1. The predicted molar refractivity (Wildman–Crippen MR) is 82.0 cm³/mol. The van der Waals surface area contributed by atoms with Crippen LogP contribution in [0.3, 0.4) is 0 Å². The number of esters is 1. The number of aryl methyl sites for hydroxylation is 2. The SMILES string of the molecule is Cc1noc(COC(=O)/C(=C/c2ccccc2)n2nnnc2C)n1. The molecule has 9 nitrogen and oxygen atoms in total. The van der Waals surface area contributed by atoms with E-state index >= 15 is 0 Å². The fourth-order valence-corrected chi connectivity index (χ4v) is 1.97. The molecule has 0 fully saturated rings. The molecule has 122 valence electrons. The molecule has 0 spiro atoms. The van der Waals surface area contributed by atoms with Crippen molar-refractivity contribution in [1.29, 1.82) is 0 Å². The molecule has 1 aromatic carbocycles. The second-order valence-corrected chi connectivity index (χ2v) is 4.89. The molecule has 3 aromatic rings. The molecule has 9 heteroatoms. The monoisotopic (exact) mass is 326 g/mol. The zero-order valence-electron chi connectivity index (χ0n) is 13.1. The Kier molecular flexibility index (Phi) is 4.41. The van der Waals surface area contributed by atoms with E-state index in [-0.39, 0.29) is 18.2 Å². The van der Waals surface area contributed by atoms with Crippen LogP contribution in [0.25, 0.3) is 11.8 Å². The minimum absolute atomic E-state index is 0.132. The Bertz CT molecular complexity index is 868. The van der Waals surface area contributed by atoms with Crippen molar-refractivity contribution in [2.24, 2.45) is 0 Å². The average Bonchev–Trinajstić information content (AvgIpc) is 3.19. The number of tetrazole rings is 1. The van der Waals surface area contributed by atoms with Crippen LogP contribution in [0.2, 0.25) is 0 Å². The number of ether oxygens (including phenoxy) is 1. The lowest BCUT2D eigenvalue weighted by molar-refractivity contribution is -0.139. The van der Waals surface area contributed by atoms with Crippen molar-refractivity contribution >= 4 is 17.7 Å². The molecule has 0 aliphatic heterocycles. The maximum Gasteiger partial charge on any atom is 0.357 e. The summed E-state index contributed by atoms with van der Waals surface area (Å²) < 4.78 is 11.5. The van der Waals surface area contributed by atoms with Crippen LogP contribution in [0.1, 0.15) is 23.1 Å². The normalized spacial score (nSPS) is 11.5. The first-order valence-corrected chi connectivity index (χ1v) is 7.12. The van der Waals surface area contributed by atoms with Gasteiger partial charge in [0.15, 0.2) is 24.0 Å². The second kappa shape index (κ2) is 6.82. The summed E-state index contributed by atoms with van der Waals surface area (Å²) in [5.41, 5.74) is 0.993. The van der Waals surface area contributed by atoms with Gasteiger partial charge in [-0.15, -0.1) is 5.10 Å². The average molecular weight is 326 g/mol. The Morgan fingerprint density at radius 1 is 1.29 bits per heavy atom. The third kappa shape index (κ3) is 3.51.